The van der Waals surface area contributed by atoms with Crippen LogP contribution in [0.4, 0.5) is 0 Å². The van der Waals surface area contributed by atoms with E-state index in [-0.39, 0.29) is 24.1 Å². The molecule has 0 N–H and O–H groups in total. The predicted molar refractivity (Wildman–Crippen MR) is 106 cm³/mol. The van der Waals surface area contributed by atoms with Gasteiger partial charge < -0.3 is 4.90 Å². The fraction of sp³-hybridized carbons (Fsp3) is 0.318. The van der Waals surface area contributed by atoms with E-state index in [1.165, 1.54) is 22.0 Å². The van der Waals surface area contributed by atoms with Crippen molar-refractivity contribution in [3.63, 3.8) is 0 Å². The second-order valence-corrected chi connectivity index (χ2v) is 7.26. The summed E-state index contributed by atoms with van der Waals surface area (Å²) in [7, 11) is 1.83. The van der Waals surface area contributed by atoms with Gasteiger partial charge in [0.25, 0.3) is 5.56 Å². The first-order valence-corrected chi connectivity index (χ1v) is 9.34. The van der Waals surface area contributed by atoms with Crippen molar-refractivity contribution in [1.29, 1.82) is 0 Å². The van der Waals surface area contributed by atoms with Crippen LogP contribution in [0.3, 0.4) is 0 Å². The average Bonchev–Trinajstić information content (AvgIpc) is 2.69. The van der Waals surface area contributed by atoms with Gasteiger partial charge in [-0.3, -0.25) is 14.2 Å². The third-order valence-corrected chi connectivity index (χ3v) is 5.56. The van der Waals surface area contributed by atoms with Gasteiger partial charge in [-0.15, -0.1) is 0 Å². The molecular formula is C22H23N3O2. The van der Waals surface area contributed by atoms with Gasteiger partial charge in [0, 0.05) is 7.05 Å². The number of aromatic nitrogens is 2. The molecule has 1 aliphatic carbocycles. The fourth-order valence-corrected chi connectivity index (χ4v) is 4.01. The lowest BCUT2D eigenvalue weighted by Crippen LogP contribution is -2.37. The van der Waals surface area contributed by atoms with E-state index in [0.29, 0.717) is 10.9 Å². The summed E-state index contributed by atoms with van der Waals surface area (Å²) in [6.07, 6.45) is 4.56. The lowest BCUT2D eigenvalue weighted by molar-refractivity contribution is -0.133. The second-order valence-electron chi connectivity index (χ2n) is 7.26. The molecule has 2 aromatic carbocycles. The summed E-state index contributed by atoms with van der Waals surface area (Å²) >= 11 is 0. The second kappa shape index (κ2) is 6.99. The van der Waals surface area contributed by atoms with Crippen LogP contribution >= 0.6 is 0 Å². The molecule has 1 heterocycles. The number of amides is 1. The first kappa shape index (κ1) is 17.5. The maximum absolute atomic E-state index is 12.9. The van der Waals surface area contributed by atoms with Crippen LogP contribution in [-0.4, -0.2) is 27.4 Å². The highest BCUT2D eigenvalue weighted by Crippen LogP contribution is 2.33. The fourth-order valence-electron chi connectivity index (χ4n) is 4.01. The molecule has 0 radical (unpaired) electrons. The molecular weight excluding hydrogens is 338 g/mol. The molecule has 0 fully saturated rings. The number of rotatable bonds is 3. The Balaban J connectivity index is 1.61. The van der Waals surface area contributed by atoms with Crippen molar-refractivity contribution in [3.05, 3.63) is 75.8 Å². The van der Waals surface area contributed by atoms with Gasteiger partial charge in [0.05, 0.1) is 23.3 Å². The molecule has 0 unspecified atom stereocenters. The third-order valence-electron chi connectivity index (χ3n) is 5.56. The van der Waals surface area contributed by atoms with Crippen molar-refractivity contribution in [2.24, 2.45) is 0 Å². The Morgan fingerprint density at radius 2 is 2.04 bits per heavy atom. The van der Waals surface area contributed by atoms with Crippen molar-refractivity contribution in [2.75, 3.05) is 7.05 Å². The van der Waals surface area contributed by atoms with E-state index >= 15 is 0 Å². The number of likely N-dealkylation sites (N-methyl/N-ethyl adjacent to an activating group) is 1. The van der Waals surface area contributed by atoms with E-state index in [1.54, 1.807) is 11.0 Å². The first-order valence-electron chi connectivity index (χ1n) is 9.34. The van der Waals surface area contributed by atoms with Crippen LogP contribution in [-0.2, 0) is 17.8 Å². The number of aryl methyl sites for hydroxylation is 2. The van der Waals surface area contributed by atoms with Crippen molar-refractivity contribution in [3.8, 4) is 0 Å². The van der Waals surface area contributed by atoms with Crippen molar-refractivity contribution < 1.29 is 4.79 Å². The number of fused-ring (bicyclic) bond motifs is 2. The molecule has 4 rings (SSSR count). The monoisotopic (exact) mass is 361 g/mol. The van der Waals surface area contributed by atoms with Gasteiger partial charge in [-0.25, -0.2) is 4.98 Å². The highest BCUT2D eigenvalue weighted by Gasteiger charge is 2.26. The molecule has 3 aromatic rings. The lowest BCUT2D eigenvalue weighted by Gasteiger charge is -2.33. The summed E-state index contributed by atoms with van der Waals surface area (Å²) in [6, 6.07) is 13.9. The molecule has 0 bridgehead atoms. The van der Waals surface area contributed by atoms with E-state index in [2.05, 4.69) is 17.1 Å². The Morgan fingerprint density at radius 1 is 1.22 bits per heavy atom. The highest BCUT2D eigenvalue weighted by atomic mass is 16.2. The van der Waals surface area contributed by atoms with Crippen LogP contribution in [0.2, 0.25) is 0 Å². The molecule has 5 nitrogen and oxygen atoms in total. The molecule has 0 saturated heterocycles. The molecule has 1 aliphatic rings. The van der Waals surface area contributed by atoms with Crippen LogP contribution in [0.15, 0.2) is 53.6 Å². The van der Waals surface area contributed by atoms with Crippen molar-refractivity contribution in [2.45, 2.75) is 38.8 Å². The van der Waals surface area contributed by atoms with Crippen LogP contribution in [0.1, 0.15) is 35.6 Å². The predicted octanol–water partition coefficient (Wildman–Crippen LogP) is 3.24. The van der Waals surface area contributed by atoms with Crippen molar-refractivity contribution >= 4 is 16.8 Å². The SMILES string of the molecule is Cc1cccc2c(=O)n(CC(=O)N(C)[C@H]3CCCc4ccccc43)cnc12. The van der Waals surface area contributed by atoms with Gasteiger partial charge >= 0.3 is 0 Å². The number of benzene rings is 2. The number of nitrogens with zero attached hydrogens (tertiary/aromatic N) is 3. The van der Waals surface area contributed by atoms with Gasteiger partial charge in [0.1, 0.15) is 6.54 Å². The van der Waals surface area contributed by atoms with Gasteiger partial charge in [-0.1, -0.05) is 36.4 Å². The number of para-hydroxylation sites is 1. The summed E-state index contributed by atoms with van der Waals surface area (Å²) in [5.74, 6) is -0.0763. The number of carbonyl (C=O) groups excluding carboxylic acids is 1. The van der Waals surface area contributed by atoms with E-state index < -0.39 is 0 Å². The van der Waals surface area contributed by atoms with Gasteiger partial charge in [-0.2, -0.15) is 0 Å². The highest BCUT2D eigenvalue weighted by molar-refractivity contribution is 5.81. The molecule has 138 valence electrons. The minimum absolute atomic E-state index is 0.00484. The Hall–Kier alpha value is -2.95. The largest absolute Gasteiger partial charge is 0.337 e. The molecule has 0 aliphatic heterocycles. The van der Waals surface area contributed by atoms with Crippen LogP contribution < -0.4 is 5.56 Å². The number of hydrogen-bond donors (Lipinski definition) is 0. The maximum atomic E-state index is 12.9. The smallest absolute Gasteiger partial charge is 0.261 e. The number of carbonyl (C=O) groups is 1. The Labute approximate surface area is 158 Å². The van der Waals surface area contributed by atoms with E-state index in [1.807, 2.05) is 38.2 Å². The molecule has 0 spiro atoms. The Bertz CT molecular complexity index is 1070. The number of hydrogen-bond acceptors (Lipinski definition) is 3. The summed E-state index contributed by atoms with van der Waals surface area (Å²) in [5, 5.41) is 0.552. The van der Waals surface area contributed by atoms with Crippen LogP contribution in [0.25, 0.3) is 10.9 Å². The normalized spacial score (nSPS) is 16.1. The molecule has 5 heteroatoms. The van der Waals surface area contributed by atoms with Crippen LogP contribution in [0, 0.1) is 6.92 Å². The van der Waals surface area contributed by atoms with Crippen LogP contribution in [0.5, 0.6) is 0 Å². The summed E-state index contributed by atoms with van der Waals surface area (Å²) < 4.78 is 1.41. The topological polar surface area (TPSA) is 55.2 Å². The molecule has 1 atom stereocenters. The molecule has 0 saturated carbocycles. The zero-order valence-corrected chi connectivity index (χ0v) is 15.7. The standard InChI is InChI=1S/C22H23N3O2/c1-15-7-5-11-18-21(15)23-14-25(22(18)27)13-20(26)24(2)19-12-6-9-16-8-3-4-10-17(16)19/h3-5,7-8,10-11,14,19H,6,9,12-13H2,1-2H3/t19-/m0/s1. The quantitative estimate of drug-likeness (QED) is 0.720. The van der Waals surface area contributed by atoms with E-state index in [9.17, 15) is 9.59 Å². The summed E-state index contributed by atoms with van der Waals surface area (Å²) in [5.41, 5.74) is 4.02. The van der Waals surface area contributed by atoms with Gasteiger partial charge in [0.2, 0.25) is 5.91 Å². The average molecular weight is 361 g/mol. The van der Waals surface area contributed by atoms with Crippen molar-refractivity contribution in [1.82, 2.24) is 14.5 Å². The third kappa shape index (κ3) is 3.14. The maximum Gasteiger partial charge on any atom is 0.261 e. The van der Waals surface area contributed by atoms with Gasteiger partial charge in [-0.05, 0) is 48.9 Å². The van der Waals surface area contributed by atoms with Gasteiger partial charge in [0.15, 0.2) is 0 Å². The Morgan fingerprint density at radius 3 is 2.89 bits per heavy atom. The summed E-state index contributed by atoms with van der Waals surface area (Å²) in [4.78, 5) is 31.9. The minimum atomic E-state index is -0.172. The Kier molecular flexibility index (Phi) is 4.52. The zero-order valence-electron chi connectivity index (χ0n) is 15.7. The first-order chi connectivity index (χ1) is 13.1. The summed E-state index contributed by atoms with van der Waals surface area (Å²) in [6.45, 7) is 1.93. The lowest BCUT2D eigenvalue weighted by atomic mass is 9.87. The van der Waals surface area contributed by atoms with E-state index in [0.717, 1.165) is 24.8 Å². The minimum Gasteiger partial charge on any atom is -0.337 e. The zero-order chi connectivity index (χ0) is 19.0. The van der Waals surface area contributed by atoms with E-state index in [4.69, 9.17) is 0 Å². The molecule has 1 amide bonds. The molecule has 1 aromatic heterocycles. The molecule has 27 heavy (non-hydrogen) atoms.